The summed E-state index contributed by atoms with van der Waals surface area (Å²) in [5, 5.41) is 7.11. The predicted molar refractivity (Wildman–Crippen MR) is 159 cm³/mol. The van der Waals surface area contributed by atoms with Crippen LogP contribution in [0.1, 0.15) is 11.1 Å². The van der Waals surface area contributed by atoms with Crippen LogP contribution in [0.2, 0.25) is 5.02 Å². The molecule has 1 fully saturated rings. The number of piperazine rings is 1. The Balaban J connectivity index is 1.24. The molecule has 2 aromatic heterocycles. The van der Waals surface area contributed by atoms with Gasteiger partial charge in [0.15, 0.2) is 17.0 Å². The van der Waals surface area contributed by atoms with Gasteiger partial charge in [-0.3, -0.25) is 0 Å². The number of para-hydroxylation sites is 1. The summed E-state index contributed by atoms with van der Waals surface area (Å²) in [6, 6.07) is 27.4. The van der Waals surface area contributed by atoms with E-state index in [4.69, 9.17) is 21.6 Å². The summed E-state index contributed by atoms with van der Waals surface area (Å²) in [6.07, 6.45) is 1.81. The van der Waals surface area contributed by atoms with Crippen LogP contribution < -0.4 is 15.5 Å². The van der Waals surface area contributed by atoms with Gasteiger partial charge in [-0.25, -0.2) is 9.78 Å². The third kappa shape index (κ3) is 5.69. The van der Waals surface area contributed by atoms with Crippen LogP contribution in [0.4, 0.5) is 22.2 Å². The van der Waals surface area contributed by atoms with Crippen LogP contribution in [-0.2, 0) is 13.1 Å². The monoisotopic (exact) mass is 552 g/mol. The Kier molecular flexibility index (Phi) is 7.45. The van der Waals surface area contributed by atoms with E-state index in [0.717, 1.165) is 22.5 Å². The van der Waals surface area contributed by atoms with Crippen molar-refractivity contribution in [3.63, 3.8) is 0 Å². The van der Waals surface area contributed by atoms with E-state index in [9.17, 15) is 4.79 Å². The van der Waals surface area contributed by atoms with Gasteiger partial charge in [0.1, 0.15) is 0 Å². The Labute approximate surface area is 237 Å². The minimum absolute atomic E-state index is 0.106. The minimum Gasteiger partial charge on any atom is -0.364 e. The van der Waals surface area contributed by atoms with Crippen molar-refractivity contribution in [2.24, 2.45) is 0 Å². The van der Waals surface area contributed by atoms with Crippen LogP contribution in [0.25, 0.3) is 11.2 Å². The SMILES string of the molecule is O=C(Nc1ccccc1)N1CCN(c2nc(NCc3ccccc3Cl)c3ncn(Cc4ccccc4)c3n2)CC1. The number of nitrogens with one attached hydrogen (secondary N) is 2. The van der Waals surface area contributed by atoms with E-state index in [2.05, 4.69) is 32.7 Å². The first-order valence-electron chi connectivity index (χ1n) is 13.2. The highest BCUT2D eigenvalue weighted by molar-refractivity contribution is 6.31. The molecule has 1 saturated heterocycles. The first-order valence-corrected chi connectivity index (χ1v) is 13.6. The van der Waals surface area contributed by atoms with Crippen LogP contribution in [0.3, 0.4) is 0 Å². The maximum atomic E-state index is 12.8. The topological polar surface area (TPSA) is 91.2 Å². The van der Waals surface area contributed by atoms with Gasteiger partial charge in [0.2, 0.25) is 5.95 Å². The van der Waals surface area contributed by atoms with Gasteiger partial charge in [-0.2, -0.15) is 9.97 Å². The maximum Gasteiger partial charge on any atom is 0.321 e. The molecule has 0 aliphatic carbocycles. The van der Waals surface area contributed by atoms with Crippen LogP contribution in [0.5, 0.6) is 0 Å². The molecule has 2 N–H and O–H groups in total. The van der Waals surface area contributed by atoms with Gasteiger partial charge >= 0.3 is 6.03 Å². The molecule has 9 nitrogen and oxygen atoms in total. The molecule has 3 heterocycles. The number of fused-ring (bicyclic) bond motifs is 1. The number of carbonyl (C=O) groups excluding carboxylic acids is 1. The Morgan fingerprint density at radius 1 is 0.850 bits per heavy atom. The molecule has 0 radical (unpaired) electrons. The summed E-state index contributed by atoms with van der Waals surface area (Å²) < 4.78 is 2.04. The summed E-state index contributed by atoms with van der Waals surface area (Å²) in [4.78, 5) is 31.3. The second-order valence-electron chi connectivity index (χ2n) is 9.62. The molecule has 202 valence electrons. The Hall–Kier alpha value is -4.63. The second kappa shape index (κ2) is 11.6. The van der Waals surface area contributed by atoms with Gasteiger partial charge < -0.3 is 25.0 Å². The van der Waals surface area contributed by atoms with Gasteiger partial charge in [-0.1, -0.05) is 78.3 Å². The van der Waals surface area contributed by atoms with Gasteiger partial charge in [0.25, 0.3) is 0 Å². The lowest BCUT2D eigenvalue weighted by Crippen LogP contribution is -2.50. The van der Waals surface area contributed by atoms with Gasteiger partial charge in [-0.15, -0.1) is 0 Å². The average molecular weight is 553 g/mol. The second-order valence-corrected chi connectivity index (χ2v) is 10.0. The number of benzene rings is 3. The molecule has 0 bridgehead atoms. The summed E-state index contributed by atoms with van der Waals surface area (Å²) in [6.45, 7) is 3.50. The lowest BCUT2D eigenvalue weighted by molar-refractivity contribution is 0.208. The highest BCUT2D eigenvalue weighted by Crippen LogP contribution is 2.26. The molecule has 0 spiro atoms. The van der Waals surface area contributed by atoms with Crippen molar-refractivity contribution >= 4 is 46.2 Å². The number of hydrogen-bond donors (Lipinski definition) is 2. The number of hydrogen-bond acceptors (Lipinski definition) is 6. The van der Waals surface area contributed by atoms with Crippen LogP contribution in [-0.4, -0.2) is 56.6 Å². The number of aromatic nitrogens is 4. The van der Waals surface area contributed by atoms with Gasteiger partial charge in [0.05, 0.1) is 12.9 Å². The average Bonchev–Trinajstić information content (AvgIpc) is 3.40. The number of nitrogens with zero attached hydrogens (tertiary/aromatic N) is 6. The summed E-state index contributed by atoms with van der Waals surface area (Å²) >= 11 is 6.41. The van der Waals surface area contributed by atoms with E-state index in [1.165, 1.54) is 0 Å². The number of urea groups is 1. The van der Waals surface area contributed by atoms with E-state index in [0.29, 0.717) is 61.6 Å². The van der Waals surface area contributed by atoms with Crippen LogP contribution >= 0.6 is 11.6 Å². The maximum absolute atomic E-state index is 12.8. The van der Waals surface area contributed by atoms with Crippen LogP contribution in [0.15, 0.2) is 91.3 Å². The van der Waals surface area contributed by atoms with E-state index in [1.807, 2.05) is 88.6 Å². The van der Waals surface area contributed by atoms with Crippen molar-refractivity contribution in [2.75, 3.05) is 41.7 Å². The first-order chi connectivity index (χ1) is 19.6. The number of imidazole rings is 1. The standard InChI is InChI=1S/C30H29ClN8O/c31-25-14-8-7-11-23(25)19-32-27-26-28(39(21-33-26)20-22-9-3-1-4-10-22)36-29(35-27)37-15-17-38(18-16-37)30(40)34-24-12-5-2-6-13-24/h1-14,21H,15-20H2,(H,34,40)(H,32,35,36). The van der Waals surface area contributed by atoms with Crippen molar-refractivity contribution in [2.45, 2.75) is 13.1 Å². The van der Waals surface area contributed by atoms with Crippen molar-refractivity contribution in [1.82, 2.24) is 24.4 Å². The Morgan fingerprint density at radius 3 is 2.30 bits per heavy atom. The zero-order valence-corrected chi connectivity index (χ0v) is 22.6. The lowest BCUT2D eigenvalue weighted by Gasteiger charge is -2.34. The Morgan fingerprint density at radius 2 is 1.55 bits per heavy atom. The van der Waals surface area contributed by atoms with E-state index >= 15 is 0 Å². The lowest BCUT2D eigenvalue weighted by atomic mass is 10.2. The quantitative estimate of drug-likeness (QED) is 0.277. The number of halogens is 1. The zero-order valence-electron chi connectivity index (χ0n) is 21.9. The normalized spacial score (nSPS) is 13.4. The summed E-state index contributed by atoms with van der Waals surface area (Å²) in [5.74, 6) is 1.25. The fraction of sp³-hybridized carbons (Fsp3) is 0.200. The third-order valence-electron chi connectivity index (χ3n) is 6.93. The number of carbonyl (C=O) groups is 1. The van der Waals surface area contributed by atoms with E-state index in [-0.39, 0.29) is 6.03 Å². The molecule has 5 aromatic rings. The summed E-state index contributed by atoms with van der Waals surface area (Å²) in [5.41, 5.74) is 4.36. The number of rotatable bonds is 7. The molecule has 6 rings (SSSR count). The molecule has 1 aliphatic rings. The molecule has 0 saturated carbocycles. The smallest absolute Gasteiger partial charge is 0.321 e. The first kappa shape index (κ1) is 25.6. The largest absolute Gasteiger partial charge is 0.364 e. The molecule has 1 aliphatic heterocycles. The van der Waals surface area contributed by atoms with Crippen molar-refractivity contribution in [3.05, 3.63) is 107 Å². The molecule has 3 aromatic carbocycles. The molecule has 0 unspecified atom stereocenters. The van der Waals surface area contributed by atoms with E-state index < -0.39 is 0 Å². The molecular weight excluding hydrogens is 524 g/mol. The molecule has 0 atom stereocenters. The van der Waals surface area contributed by atoms with Gasteiger partial charge in [0, 0.05) is 43.4 Å². The molecule has 40 heavy (non-hydrogen) atoms. The fourth-order valence-electron chi connectivity index (χ4n) is 4.75. The van der Waals surface area contributed by atoms with Gasteiger partial charge in [-0.05, 0) is 29.3 Å². The minimum atomic E-state index is -0.106. The zero-order chi connectivity index (χ0) is 27.3. The predicted octanol–water partition coefficient (Wildman–Crippen LogP) is 5.49. The van der Waals surface area contributed by atoms with Crippen molar-refractivity contribution < 1.29 is 4.79 Å². The summed E-state index contributed by atoms with van der Waals surface area (Å²) in [7, 11) is 0. The third-order valence-corrected chi connectivity index (χ3v) is 7.30. The fourth-order valence-corrected chi connectivity index (χ4v) is 4.95. The number of amides is 2. The highest BCUT2D eigenvalue weighted by Gasteiger charge is 2.24. The van der Waals surface area contributed by atoms with E-state index in [1.54, 1.807) is 0 Å². The van der Waals surface area contributed by atoms with Crippen molar-refractivity contribution in [3.8, 4) is 0 Å². The number of anilines is 3. The van der Waals surface area contributed by atoms with Crippen molar-refractivity contribution in [1.29, 1.82) is 0 Å². The van der Waals surface area contributed by atoms with Crippen LogP contribution in [0, 0.1) is 0 Å². The highest BCUT2D eigenvalue weighted by atomic mass is 35.5. The molecular formula is C30H29ClN8O. The molecule has 10 heteroatoms. The molecule has 2 amide bonds. The Bertz CT molecular complexity index is 1600.